The van der Waals surface area contributed by atoms with E-state index >= 15 is 0 Å². The van der Waals surface area contributed by atoms with Gasteiger partial charge in [-0.05, 0) is 37.5 Å². The van der Waals surface area contributed by atoms with Gasteiger partial charge in [-0.25, -0.2) is 4.79 Å². The molecule has 0 spiro atoms. The van der Waals surface area contributed by atoms with Crippen molar-refractivity contribution in [1.82, 2.24) is 0 Å². The van der Waals surface area contributed by atoms with Crippen LogP contribution in [0.2, 0.25) is 0 Å². The first-order valence-corrected chi connectivity index (χ1v) is 6.68. The predicted octanol–water partition coefficient (Wildman–Crippen LogP) is 2.00. The molecule has 0 aromatic heterocycles. The summed E-state index contributed by atoms with van der Waals surface area (Å²) >= 11 is 0. The number of fused-ring (bicyclic) bond motifs is 1. The minimum atomic E-state index is -0.386. The van der Waals surface area contributed by atoms with E-state index in [1.807, 2.05) is 6.07 Å². The average Bonchev–Trinajstić information content (AvgIpc) is 2.67. The Kier molecular flexibility index (Phi) is 4.61. The van der Waals surface area contributed by atoms with E-state index in [4.69, 9.17) is 14.2 Å². The summed E-state index contributed by atoms with van der Waals surface area (Å²) in [5.41, 5.74) is 2.19. The fraction of sp³-hybridized carbons (Fsp3) is 0.467. The molecular weight excluding hydrogens is 258 g/mol. The summed E-state index contributed by atoms with van der Waals surface area (Å²) in [6.07, 6.45) is 1.74. The Bertz CT molecular complexity index is 537. The van der Waals surface area contributed by atoms with Crippen LogP contribution in [0.1, 0.15) is 24.5 Å². The number of rotatable bonds is 4. The molecule has 0 amide bonds. The summed E-state index contributed by atoms with van der Waals surface area (Å²) in [5.74, 6) is 0.865. The summed E-state index contributed by atoms with van der Waals surface area (Å²) in [6.45, 7) is 2.73. The highest BCUT2D eigenvalue weighted by Crippen LogP contribution is 2.32. The van der Waals surface area contributed by atoms with E-state index in [-0.39, 0.29) is 5.97 Å². The van der Waals surface area contributed by atoms with Crippen LogP contribution in [0.4, 0.5) is 0 Å². The first-order valence-electron chi connectivity index (χ1n) is 6.68. The molecule has 0 atom stereocenters. The van der Waals surface area contributed by atoms with Crippen molar-refractivity contribution in [2.75, 3.05) is 27.4 Å². The Morgan fingerprint density at radius 1 is 1.25 bits per heavy atom. The van der Waals surface area contributed by atoms with E-state index in [1.54, 1.807) is 27.2 Å². The van der Waals surface area contributed by atoms with E-state index in [2.05, 4.69) is 4.99 Å². The summed E-state index contributed by atoms with van der Waals surface area (Å²) in [6, 6.07) is 3.71. The molecule has 1 aromatic rings. The van der Waals surface area contributed by atoms with Crippen LogP contribution < -0.4 is 9.47 Å². The molecule has 20 heavy (non-hydrogen) atoms. The Labute approximate surface area is 118 Å². The van der Waals surface area contributed by atoms with Crippen LogP contribution in [0.25, 0.3) is 0 Å². The lowest BCUT2D eigenvalue weighted by molar-refractivity contribution is -0.134. The minimum Gasteiger partial charge on any atom is -0.493 e. The van der Waals surface area contributed by atoms with Gasteiger partial charge < -0.3 is 14.2 Å². The van der Waals surface area contributed by atoms with Crippen LogP contribution >= 0.6 is 0 Å². The zero-order chi connectivity index (χ0) is 14.5. The number of aryl methyl sites for hydroxylation is 1. The Hall–Kier alpha value is -2.04. The normalized spacial score (nSPS) is 13.8. The van der Waals surface area contributed by atoms with Crippen LogP contribution in [-0.2, 0) is 16.0 Å². The Morgan fingerprint density at radius 3 is 2.60 bits per heavy atom. The van der Waals surface area contributed by atoms with Gasteiger partial charge in [0.15, 0.2) is 17.2 Å². The number of ether oxygens (including phenoxy) is 3. The van der Waals surface area contributed by atoms with Crippen LogP contribution in [0.15, 0.2) is 17.1 Å². The smallest absolute Gasteiger partial charge is 0.357 e. The number of aliphatic imine (C=N–C) groups is 1. The van der Waals surface area contributed by atoms with Gasteiger partial charge in [-0.2, -0.15) is 0 Å². The Balaban J connectivity index is 2.50. The van der Waals surface area contributed by atoms with E-state index in [9.17, 15) is 4.79 Å². The molecule has 5 heteroatoms. The highest BCUT2D eigenvalue weighted by Gasteiger charge is 2.23. The lowest BCUT2D eigenvalue weighted by atomic mass is 9.99. The summed E-state index contributed by atoms with van der Waals surface area (Å²) in [5, 5.41) is 0. The SMILES string of the molecule is CCOC(=O)C1=NCCCc2cc(OC)c(OC)cc21. The van der Waals surface area contributed by atoms with Gasteiger partial charge in [0.25, 0.3) is 0 Å². The van der Waals surface area contributed by atoms with E-state index in [1.165, 1.54) is 0 Å². The third kappa shape index (κ3) is 2.76. The van der Waals surface area contributed by atoms with Gasteiger partial charge in [-0.1, -0.05) is 0 Å². The molecule has 0 fully saturated rings. The average molecular weight is 277 g/mol. The molecule has 0 saturated carbocycles. The van der Waals surface area contributed by atoms with Crippen molar-refractivity contribution in [3.8, 4) is 11.5 Å². The van der Waals surface area contributed by atoms with Crippen molar-refractivity contribution < 1.29 is 19.0 Å². The number of methoxy groups -OCH3 is 2. The summed E-state index contributed by atoms with van der Waals surface area (Å²) in [7, 11) is 3.17. The van der Waals surface area contributed by atoms with Gasteiger partial charge in [0, 0.05) is 12.1 Å². The fourth-order valence-corrected chi connectivity index (χ4v) is 2.27. The van der Waals surface area contributed by atoms with Gasteiger partial charge >= 0.3 is 5.97 Å². The molecule has 2 rings (SSSR count). The van der Waals surface area contributed by atoms with E-state index in [0.717, 1.165) is 24.0 Å². The second kappa shape index (κ2) is 6.41. The zero-order valence-electron chi connectivity index (χ0n) is 12.1. The molecule has 1 aliphatic heterocycles. The highest BCUT2D eigenvalue weighted by atomic mass is 16.5. The van der Waals surface area contributed by atoms with Gasteiger partial charge in [0.2, 0.25) is 0 Å². The number of carbonyl (C=O) groups excluding carboxylic acids is 1. The van der Waals surface area contributed by atoms with Crippen molar-refractivity contribution >= 4 is 11.7 Å². The molecule has 0 saturated heterocycles. The number of benzene rings is 1. The standard InChI is InChI=1S/C15H19NO4/c1-4-20-15(17)14-11-9-13(19-3)12(18-2)8-10(11)6-5-7-16-14/h8-9H,4-7H2,1-3H3. The lowest BCUT2D eigenvalue weighted by Crippen LogP contribution is -2.20. The summed E-state index contributed by atoms with van der Waals surface area (Å²) < 4.78 is 15.7. The molecule has 0 unspecified atom stereocenters. The topological polar surface area (TPSA) is 57.1 Å². The van der Waals surface area contributed by atoms with Crippen molar-refractivity contribution in [2.24, 2.45) is 4.99 Å². The monoisotopic (exact) mass is 277 g/mol. The largest absolute Gasteiger partial charge is 0.493 e. The van der Waals surface area contributed by atoms with Gasteiger partial charge in [0.05, 0.1) is 20.8 Å². The van der Waals surface area contributed by atoms with Gasteiger partial charge in [0.1, 0.15) is 0 Å². The lowest BCUT2D eigenvalue weighted by Gasteiger charge is -2.14. The maximum absolute atomic E-state index is 12.0. The number of hydrogen-bond acceptors (Lipinski definition) is 5. The van der Waals surface area contributed by atoms with Gasteiger partial charge in [-0.3, -0.25) is 4.99 Å². The van der Waals surface area contributed by atoms with Crippen molar-refractivity contribution in [3.05, 3.63) is 23.3 Å². The molecule has 1 aliphatic rings. The third-order valence-electron chi connectivity index (χ3n) is 3.21. The molecule has 0 radical (unpaired) electrons. The predicted molar refractivity (Wildman–Crippen MR) is 75.9 cm³/mol. The van der Waals surface area contributed by atoms with Gasteiger partial charge in [-0.15, -0.1) is 0 Å². The van der Waals surface area contributed by atoms with Crippen LogP contribution in [0.3, 0.4) is 0 Å². The van der Waals surface area contributed by atoms with Crippen LogP contribution in [0.5, 0.6) is 11.5 Å². The van der Waals surface area contributed by atoms with Crippen molar-refractivity contribution in [3.63, 3.8) is 0 Å². The van der Waals surface area contributed by atoms with Crippen LogP contribution in [-0.4, -0.2) is 39.1 Å². The van der Waals surface area contributed by atoms with Crippen molar-refractivity contribution in [1.29, 1.82) is 0 Å². The first kappa shape index (κ1) is 14.4. The van der Waals surface area contributed by atoms with Crippen LogP contribution in [0, 0.1) is 0 Å². The number of hydrogen-bond donors (Lipinski definition) is 0. The van der Waals surface area contributed by atoms with E-state index < -0.39 is 0 Å². The fourth-order valence-electron chi connectivity index (χ4n) is 2.27. The molecular formula is C15H19NO4. The maximum atomic E-state index is 12.0. The molecule has 108 valence electrons. The first-order chi connectivity index (χ1) is 9.71. The number of nitrogens with zero attached hydrogens (tertiary/aromatic N) is 1. The minimum absolute atomic E-state index is 0.334. The Morgan fingerprint density at radius 2 is 1.95 bits per heavy atom. The maximum Gasteiger partial charge on any atom is 0.357 e. The van der Waals surface area contributed by atoms with E-state index in [0.29, 0.717) is 30.4 Å². The molecule has 5 nitrogen and oxygen atoms in total. The second-order valence-corrected chi connectivity index (χ2v) is 4.42. The highest BCUT2D eigenvalue weighted by molar-refractivity contribution is 6.43. The molecule has 1 heterocycles. The number of esters is 1. The second-order valence-electron chi connectivity index (χ2n) is 4.42. The zero-order valence-corrected chi connectivity index (χ0v) is 12.1. The summed E-state index contributed by atoms with van der Waals surface area (Å²) in [4.78, 5) is 16.4. The quantitative estimate of drug-likeness (QED) is 0.790. The number of carbonyl (C=O) groups is 1. The third-order valence-corrected chi connectivity index (χ3v) is 3.21. The van der Waals surface area contributed by atoms with Crippen molar-refractivity contribution in [2.45, 2.75) is 19.8 Å². The molecule has 1 aromatic carbocycles. The molecule has 0 aliphatic carbocycles. The molecule has 0 N–H and O–H groups in total. The molecule has 0 bridgehead atoms.